The molecule has 26 heavy (non-hydrogen) atoms. The average molecular weight is 351 g/mol. The number of imidazole rings is 1. The van der Waals surface area contributed by atoms with E-state index in [-0.39, 0.29) is 18.5 Å². The molecule has 1 atom stereocenters. The standard InChI is InChI=1S/C21H25N3O2/c1-4-15(2)22-21(25)14-24-19-8-6-5-7-18(19)23-20(24)13-16-9-11-17(26-3)12-10-16/h5-12,15H,4,13-14H2,1-3H3,(H,22,25). The van der Waals surface area contributed by atoms with Crippen LogP contribution in [0.4, 0.5) is 0 Å². The van der Waals surface area contributed by atoms with E-state index in [2.05, 4.69) is 12.2 Å². The van der Waals surface area contributed by atoms with Gasteiger partial charge in [0.15, 0.2) is 0 Å². The van der Waals surface area contributed by atoms with E-state index in [1.165, 1.54) is 0 Å². The highest BCUT2D eigenvalue weighted by Gasteiger charge is 2.15. The van der Waals surface area contributed by atoms with E-state index in [0.29, 0.717) is 6.42 Å². The Labute approximate surface area is 154 Å². The number of para-hydroxylation sites is 2. The molecule has 0 aliphatic heterocycles. The number of fused-ring (bicyclic) bond motifs is 1. The molecule has 2 aromatic carbocycles. The van der Waals surface area contributed by atoms with Crippen LogP contribution in [0.2, 0.25) is 0 Å². The van der Waals surface area contributed by atoms with Crippen molar-refractivity contribution in [2.75, 3.05) is 7.11 Å². The predicted octanol–water partition coefficient (Wildman–Crippen LogP) is 3.55. The average Bonchev–Trinajstić information content (AvgIpc) is 2.99. The fourth-order valence-corrected chi connectivity index (χ4v) is 2.93. The maximum atomic E-state index is 12.4. The lowest BCUT2D eigenvalue weighted by Gasteiger charge is -2.14. The Morgan fingerprint density at radius 1 is 1.19 bits per heavy atom. The monoisotopic (exact) mass is 351 g/mol. The summed E-state index contributed by atoms with van der Waals surface area (Å²) >= 11 is 0. The molecule has 0 bridgehead atoms. The van der Waals surface area contributed by atoms with Gasteiger partial charge in [-0.25, -0.2) is 4.98 Å². The quantitative estimate of drug-likeness (QED) is 0.708. The van der Waals surface area contributed by atoms with E-state index >= 15 is 0 Å². The molecule has 0 saturated heterocycles. The molecule has 1 aromatic heterocycles. The molecule has 0 aliphatic carbocycles. The zero-order valence-electron chi connectivity index (χ0n) is 15.5. The van der Waals surface area contributed by atoms with Gasteiger partial charge in [-0.15, -0.1) is 0 Å². The molecular weight excluding hydrogens is 326 g/mol. The first-order valence-corrected chi connectivity index (χ1v) is 8.97. The molecule has 1 amide bonds. The molecular formula is C21H25N3O2. The maximum Gasteiger partial charge on any atom is 0.240 e. The molecule has 0 radical (unpaired) electrons. The molecule has 5 heteroatoms. The van der Waals surface area contributed by atoms with Gasteiger partial charge < -0.3 is 14.6 Å². The van der Waals surface area contributed by atoms with Gasteiger partial charge in [-0.3, -0.25) is 4.79 Å². The molecule has 0 fully saturated rings. The Balaban J connectivity index is 1.89. The van der Waals surface area contributed by atoms with Gasteiger partial charge in [0.25, 0.3) is 0 Å². The van der Waals surface area contributed by atoms with Crippen LogP contribution in [0.3, 0.4) is 0 Å². The SMILES string of the molecule is CCC(C)NC(=O)Cn1c(Cc2ccc(OC)cc2)nc2ccccc21. The van der Waals surface area contributed by atoms with Crippen LogP contribution in [0.25, 0.3) is 11.0 Å². The summed E-state index contributed by atoms with van der Waals surface area (Å²) in [5.74, 6) is 1.73. The minimum Gasteiger partial charge on any atom is -0.497 e. The van der Waals surface area contributed by atoms with Crippen LogP contribution in [0.5, 0.6) is 5.75 Å². The molecule has 0 aliphatic rings. The zero-order chi connectivity index (χ0) is 18.5. The van der Waals surface area contributed by atoms with E-state index in [0.717, 1.165) is 34.6 Å². The lowest BCUT2D eigenvalue weighted by molar-refractivity contribution is -0.122. The van der Waals surface area contributed by atoms with Crippen LogP contribution in [0.15, 0.2) is 48.5 Å². The number of hydrogen-bond acceptors (Lipinski definition) is 3. The van der Waals surface area contributed by atoms with Crippen molar-refractivity contribution in [3.63, 3.8) is 0 Å². The second-order valence-corrected chi connectivity index (χ2v) is 6.50. The molecule has 1 heterocycles. The summed E-state index contributed by atoms with van der Waals surface area (Å²) in [5.41, 5.74) is 3.02. The van der Waals surface area contributed by atoms with Crippen LogP contribution in [0, 0.1) is 0 Å². The van der Waals surface area contributed by atoms with Gasteiger partial charge in [-0.2, -0.15) is 0 Å². The Hall–Kier alpha value is -2.82. The van der Waals surface area contributed by atoms with Gasteiger partial charge in [0.05, 0.1) is 18.1 Å². The summed E-state index contributed by atoms with van der Waals surface area (Å²) < 4.78 is 7.23. The first kappa shape index (κ1) is 18.0. The van der Waals surface area contributed by atoms with Crippen molar-refractivity contribution < 1.29 is 9.53 Å². The molecule has 1 unspecified atom stereocenters. The van der Waals surface area contributed by atoms with Crippen molar-refractivity contribution in [2.45, 2.75) is 39.3 Å². The van der Waals surface area contributed by atoms with Crippen molar-refractivity contribution in [1.82, 2.24) is 14.9 Å². The Bertz CT molecular complexity index is 884. The normalized spacial score (nSPS) is 12.1. The second-order valence-electron chi connectivity index (χ2n) is 6.50. The largest absolute Gasteiger partial charge is 0.497 e. The van der Waals surface area contributed by atoms with Crippen molar-refractivity contribution in [1.29, 1.82) is 0 Å². The molecule has 0 spiro atoms. The van der Waals surface area contributed by atoms with E-state index in [4.69, 9.17) is 9.72 Å². The zero-order valence-corrected chi connectivity index (χ0v) is 15.5. The Kier molecular flexibility index (Phi) is 5.56. The number of hydrogen-bond donors (Lipinski definition) is 1. The van der Waals surface area contributed by atoms with Crippen LogP contribution in [0.1, 0.15) is 31.7 Å². The first-order valence-electron chi connectivity index (χ1n) is 8.97. The van der Waals surface area contributed by atoms with Gasteiger partial charge >= 0.3 is 0 Å². The van der Waals surface area contributed by atoms with E-state index in [1.54, 1.807) is 7.11 Å². The van der Waals surface area contributed by atoms with Crippen molar-refractivity contribution in [3.05, 3.63) is 59.9 Å². The third-order valence-electron chi connectivity index (χ3n) is 4.58. The summed E-state index contributed by atoms with van der Waals surface area (Å²) in [6.07, 6.45) is 1.57. The van der Waals surface area contributed by atoms with E-state index in [1.807, 2.05) is 60.0 Å². The number of benzene rings is 2. The number of nitrogens with zero attached hydrogens (tertiary/aromatic N) is 2. The number of methoxy groups -OCH3 is 1. The fourth-order valence-electron chi connectivity index (χ4n) is 2.93. The van der Waals surface area contributed by atoms with Gasteiger partial charge in [0.1, 0.15) is 18.1 Å². The van der Waals surface area contributed by atoms with Crippen LogP contribution < -0.4 is 10.1 Å². The maximum absolute atomic E-state index is 12.4. The third kappa shape index (κ3) is 4.04. The fraction of sp³-hybridized carbons (Fsp3) is 0.333. The molecule has 1 N–H and O–H groups in total. The van der Waals surface area contributed by atoms with E-state index in [9.17, 15) is 4.79 Å². The molecule has 0 saturated carbocycles. The van der Waals surface area contributed by atoms with E-state index < -0.39 is 0 Å². The number of amides is 1. The second kappa shape index (κ2) is 8.04. The van der Waals surface area contributed by atoms with Crippen LogP contribution in [-0.2, 0) is 17.8 Å². The Morgan fingerprint density at radius 2 is 1.92 bits per heavy atom. The van der Waals surface area contributed by atoms with Crippen LogP contribution in [-0.4, -0.2) is 28.6 Å². The predicted molar refractivity (Wildman–Crippen MR) is 103 cm³/mol. The minimum atomic E-state index is 0.0125. The summed E-state index contributed by atoms with van der Waals surface area (Å²) in [7, 11) is 1.66. The van der Waals surface area contributed by atoms with Crippen molar-refractivity contribution in [3.8, 4) is 5.75 Å². The summed E-state index contributed by atoms with van der Waals surface area (Å²) in [5, 5.41) is 3.03. The number of nitrogens with one attached hydrogen (secondary N) is 1. The third-order valence-corrected chi connectivity index (χ3v) is 4.58. The first-order chi connectivity index (χ1) is 12.6. The molecule has 3 rings (SSSR count). The van der Waals surface area contributed by atoms with Gasteiger partial charge in [-0.1, -0.05) is 31.2 Å². The smallest absolute Gasteiger partial charge is 0.240 e. The molecule has 3 aromatic rings. The summed E-state index contributed by atoms with van der Waals surface area (Å²) in [6, 6.07) is 16.0. The molecule has 5 nitrogen and oxygen atoms in total. The summed E-state index contributed by atoms with van der Waals surface area (Å²) in [6.45, 7) is 4.35. The van der Waals surface area contributed by atoms with Crippen LogP contribution >= 0.6 is 0 Å². The van der Waals surface area contributed by atoms with Gasteiger partial charge in [0, 0.05) is 12.5 Å². The number of rotatable bonds is 7. The number of carbonyl (C=O) groups is 1. The number of ether oxygens (including phenoxy) is 1. The lowest BCUT2D eigenvalue weighted by Crippen LogP contribution is -2.34. The highest BCUT2D eigenvalue weighted by Crippen LogP contribution is 2.20. The van der Waals surface area contributed by atoms with Gasteiger partial charge in [-0.05, 0) is 43.2 Å². The van der Waals surface area contributed by atoms with Crippen molar-refractivity contribution >= 4 is 16.9 Å². The highest BCUT2D eigenvalue weighted by atomic mass is 16.5. The highest BCUT2D eigenvalue weighted by molar-refractivity contribution is 5.81. The minimum absolute atomic E-state index is 0.0125. The number of carbonyl (C=O) groups excluding carboxylic acids is 1. The molecule has 136 valence electrons. The topological polar surface area (TPSA) is 56.2 Å². The van der Waals surface area contributed by atoms with Crippen molar-refractivity contribution in [2.24, 2.45) is 0 Å². The Morgan fingerprint density at radius 3 is 2.62 bits per heavy atom. The summed E-state index contributed by atoms with van der Waals surface area (Å²) in [4.78, 5) is 17.2. The lowest BCUT2D eigenvalue weighted by atomic mass is 10.1. The van der Waals surface area contributed by atoms with Gasteiger partial charge in [0.2, 0.25) is 5.91 Å². The number of aromatic nitrogens is 2.